The van der Waals surface area contributed by atoms with Gasteiger partial charge in [0.25, 0.3) is 5.56 Å². The van der Waals surface area contributed by atoms with E-state index in [0.717, 1.165) is 38.8 Å². The number of nitrogens with zero attached hydrogens (tertiary/aromatic N) is 3. The number of aromatic nitrogens is 2. The summed E-state index contributed by atoms with van der Waals surface area (Å²) in [4.78, 5) is 36.2. The molecule has 2 aromatic carbocycles. The molecule has 38 heavy (non-hydrogen) atoms. The quantitative estimate of drug-likeness (QED) is 0.549. The van der Waals surface area contributed by atoms with Crippen LogP contribution in [-0.2, 0) is 11.2 Å². The first kappa shape index (κ1) is 24.0. The number of carbonyl (C=O) groups excluding carboxylic acids is 1. The Hall–Kier alpha value is -4.32. The van der Waals surface area contributed by atoms with E-state index >= 15 is 0 Å². The standard InChI is InChI=1S/C29H29N5O4/c30-17-21-24(20-7-8-22-23(16-20)38-14-4-13-37-22)25-26(31-27(21)35)32-29(33-28(25)36)34-11-9-19(10-12-34)15-18-5-2-1-3-6-18/h1-3,5-8,16,19,21,24H,4,9-15H2,(H2,31,32,33,35,36). The average molecular weight is 512 g/mol. The molecule has 3 aliphatic rings. The Morgan fingerprint density at radius 1 is 1.03 bits per heavy atom. The maximum Gasteiger partial charge on any atom is 0.258 e. The third-order valence-electron chi connectivity index (χ3n) is 7.66. The smallest absolute Gasteiger partial charge is 0.258 e. The van der Waals surface area contributed by atoms with Crippen LogP contribution in [0.25, 0.3) is 0 Å². The number of fused-ring (bicyclic) bond motifs is 2. The third-order valence-corrected chi connectivity index (χ3v) is 7.66. The Labute approximate surface area is 220 Å². The van der Waals surface area contributed by atoms with Gasteiger partial charge in [0.1, 0.15) is 11.7 Å². The second-order valence-electron chi connectivity index (χ2n) is 10.1. The van der Waals surface area contributed by atoms with Gasteiger partial charge in [-0.1, -0.05) is 36.4 Å². The van der Waals surface area contributed by atoms with E-state index in [1.165, 1.54) is 5.56 Å². The molecule has 4 heterocycles. The van der Waals surface area contributed by atoms with E-state index in [4.69, 9.17) is 9.47 Å². The molecule has 1 amide bonds. The number of nitrogens with one attached hydrogen (secondary N) is 2. The van der Waals surface area contributed by atoms with E-state index in [2.05, 4.69) is 50.5 Å². The first-order valence-corrected chi connectivity index (χ1v) is 13.1. The first-order chi connectivity index (χ1) is 18.6. The second-order valence-corrected chi connectivity index (χ2v) is 10.1. The van der Waals surface area contributed by atoms with Crippen LogP contribution >= 0.6 is 0 Å². The van der Waals surface area contributed by atoms with Crippen LogP contribution in [0.4, 0.5) is 11.8 Å². The molecule has 9 nitrogen and oxygen atoms in total. The van der Waals surface area contributed by atoms with Gasteiger partial charge in [0.2, 0.25) is 11.9 Å². The number of anilines is 2. The van der Waals surface area contributed by atoms with Crippen LogP contribution in [0.2, 0.25) is 0 Å². The van der Waals surface area contributed by atoms with E-state index < -0.39 is 17.7 Å². The molecule has 3 aromatic rings. The fraction of sp³-hybridized carbons (Fsp3) is 0.379. The molecule has 0 radical (unpaired) electrons. The number of piperidine rings is 1. The minimum absolute atomic E-state index is 0.212. The number of nitriles is 1. The zero-order valence-electron chi connectivity index (χ0n) is 21.0. The molecular formula is C29H29N5O4. The van der Waals surface area contributed by atoms with E-state index in [1.807, 2.05) is 6.07 Å². The lowest BCUT2D eigenvalue weighted by atomic mass is 9.79. The van der Waals surface area contributed by atoms with Gasteiger partial charge in [-0.25, -0.2) is 0 Å². The predicted molar refractivity (Wildman–Crippen MR) is 142 cm³/mol. The van der Waals surface area contributed by atoms with Gasteiger partial charge in [0, 0.05) is 25.4 Å². The molecule has 194 valence electrons. The molecule has 6 rings (SSSR count). The zero-order chi connectivity index (χ0) is 26.1. The summed E-state index contributed by atoms with van der Waals surface area (Å²) in [7, 11) is 0. The Morgan fingerprint density at radius 3 is 2.55 bits per heavy atom. The van der Waals surface area contributed by atoms with Crippen LogP contribution in [0.1, 0.15) is 41.9 Å². The van der Waals surface area contributed by atoms with Crippen molar-refractivity contribution in [3.63, 3.8) is 0 Å². The molecule has 9 heteroatoms. The molecule has 1 aromatic heterocycles. The maximum atomic E-state index is 13.5. The number of benzene rings is 2. The number of ether oxygens (including phenoxy) is 2. The van der Waals surface area contributed by atoms with Crippen molar-refractivity contribution in [1.82, 2.24) is 9.97 Å². The molecule has 2 N–H and O–H groups in total. The first-order valence-electron chi connectivity index (χ1n) is 13.1. The van der Waals surface area contributed by atoms with Gasteiger partial charge >= 0.3 is 0 Å². The summed E-state index contributed by atoms with van der Waals surface area (Å²) < 4.78 is 11.5. The van der Waals surface area contributed by atoms with E-state index in [1.54, 1.807) is 18.2 Å². The summed E-state index contributed by atoms with van der Waals surface area (Å²) in [6.07, 6.45) is 3.76. The summed E-state index contributed by atoms with van der Waals surface area (Å²) in [5.74, 6) is 0.0591. The van der Waals surface area contributed by atoms with Crippen LogP contribution in [-0.4, -0.2) is 42.2 Å². The van der Waals surface area contributed by atoms with Gasteiger partial charge in [-0.05, 0) is 48.4 Å². The number of rotatable bonds is 4. The fourth-order valence-corrected chi connectivity index (χ4v) is 5.68. The van der Waals surface area contributed by atoms with E-state index in [-0.39, 0.29) is 16.9 Å². The highest BCUT2D eigenvalue weighted by Crippen LogP contribution is 2.41. The minimum atomic E-state index is -1.07. The van der Waals surface area contributed by atoms with Gasteiger partial charge in [-0.15, -0.1) is 0 Å². The number of carbonyl (C=O) groups is 1. The molecule has 0 bridgehead atoms. The van der Waals surface area contributed by atoms with E-state index in [0.29, 0.717) is 42.1 Å². The lowest BCUT2D eigenvalue weighted by Crippen LogP contribution is -2.41. The highest BCUT2D eigenvalue weighted by molar-refractivity contribution is 5.98. The van der Waals surface area contributed by atoms with Crippen molar-refractivity contribution in [2.45, 2.75) is 31.6 Å². The van der Waals surface area contributed by atoms with Crippen LogP contribution in [0.5, 0.6) is 11.5 Å². The zero-order valence-corrected chi connectivity index (χ0v) is 21.0. The molecule has 0 aliphatic carbocycles. The van der Waals surface area contributed by atoms with Crippen molar-refractivity contribution in [3.8, 4) is 17.6 Å². The Kier molecular flexibility index (Phi) is 6.46. The Morgan fingerprint density at radius 2 is 1.79 bits per heavy atom. The molecular weight excluding hydrogens is 482 g/mol. The minimum Gasteiger partial charge on any atom is -0.490 e. The lowest BCUT2D eigenvalue weighted by Gasteiger charge is -2.34. The van der Waals surface area contributed by atoms with Crippen molar-refractivity contribution in [1.29, 1.82) is 5.26 Å². The van der Waals surface area contributed by atoms with Crippen LogP contribution in [0, 0.1) is 23.2 Å². The topological polar surface area (TPSA) is 120 Å². The molecule has 0 saturated carbocycles. The molecule has 2 unspecified atom stereocenters. The summed E-state index contributed by atoms with van der Waals surface area (Å²) in [6, 6.07) is 17.9. The van der Waals surface area contributed by atoms with Gasteiger partial charge in [0.05, 0.1) is 24.8 Å². The number of hydrogen-bond acceptors (Lipinski definition) is 7. The number of amides is 1. The summed E-state index contributed by atoms with van der Waals surface area (Å²) >= 11 is 0. The molecule has 1 saturated heterocycles. The summed E-state index contributed by atoms with van der Waals surface area (Å²) in [5.41, 5.74) is 1.91. The van der Waals surface area contributed by atoms with Crippen molar-refractivity contribution >= 4 is 17.7 Å². The monoisotopic (exact) mass is 511 g/mol. The lowest BCUT2D eigenvalue weighted by molar-refractivity contribution is -0.119. The molecule has 3 aliphatic heterocycles. The summed E-state index contributed by atoms with van der Waals surface area (Å²) in [6.45, 7) is 2.59. The largest absolute Gasteiger partial charge is 0.490 e. The van der Waals surface area contributed by atoms with Gasteiger partial charge in [-0.3, -0.25) is 14.6 Å². The Bertz CT molecular complexity index is 1440. The van der Waals surface area contributed by atoms with Crippen molar-refractivity contribution in [3.05, 3.63) is 75.6 Å². The molecule has 1 fully saturated rings. The highest BCUT2D eigenvalue weighted by Gasteiger charge is 2.41. The van der Waals surface area contributed by atoms with Crippen molar-refractivity contribution in [2.75, 3.05) is 36.5 Å². The highest BCUT2D eigenvalue weighted by atomic mass is 16.5. The Balaban J connectivity index is 1.28. The maximum absolute atomic E-state index is 13.5. The van der Waals surface area contributed by atoms with Crippen molar-refractivity contribution < 1.29 is 14.3 Å². The van der Waals surface area contributed by atoms with Gasteiger partial charge in [-0.2, -0.15) is 10.2 Å². The molecule has 2 atom stereocenters. The van der Waals surface area contributed by atoms with Gasteiger partial charge < -0.3 is 19.7 Å². The normalized spacial score (nSPS) is 21.1. The third kappa shape index (κ3) is 4.58. The average Bonchev–Trinajstić information content (AvgIpc) is 3.18. The van der Waals surface area contributed by atoms with Crippen LogP contribution in [0.3, 0.4) is 0 Å². The van der Waals surface area contributed by atoms with Crippen LogP contribution in [0.15, 0.2) is 53.3 Å². The summed E-state index contributed by atoms with van der Waals surface area (Å²) in [5, 5.41) is 12.6. The number of aromatic amines is 1. The van der Waals surface area contributed by atoms with Crippen LogP contribution < -0.4 is 25.2 Å². The molecule has 0 spiro atoms. The van der Waals surface area contributed by atoms with E-state index in [9.17, 15) is 14.9 Å². The number of H-pyrrole nitrogens is 1. The SMILES string of the molecule is N#CC1C(=O)Nc2nc(N3CCC(Cc4ccccc4)CC3)[nH]c(=O)c2C1c1ccc2c(c1)OCCCO2. The fourth-order valence-electron chi connectivity index (χ4n) is 5.68. The second kappa shape index (κ2) is 10.2. The number of hydrogen-bond donors (Lipinski definition) is 2. The van der Waals surface area contributed by atoms with Crippen molar-refractivity contribution in [2.24, 2.45) is 11.8 Å². The van der Waals surface area contributed by atoms with Gasteiger partial charge in [0.15, 0.2) is 11.5 Å². The predicted octanol–water partition coefficient (Wildman–Crippen LogP) is 3.61.